The van der Waals surface area contributed by atoms with Crippen molar-refractivity contribution in [1.29, 1.82) is 0 Å². The van der Waals surface area contributed by atoms with Gasteiger partial charge >= 0.3 is 0 Å². The molecule has 7 nitrogen and oxygen atoms in total. The number of anilines is 2. The molecule has 3 aromatic carbocycles. The molecule has 32 heavy (non-hydrogen) atoms. The third-order valence-electron chi connectivity index (χ3n) is 5.29. The molecule has 0 aliphatic carbocycles. The van der Waals surface area contributed by atoms with Gasteiger partial charge in [0.05, 0.1) is 22.3 Å². The van der Waals surface area contributed by atoms with E-state index in [9.17, 15) is 14.0 Å². The lowest BCUT2D eigenvalue weighted by Crippen LogP contribution is -2.30. The molecule has 0 spiro atoms. The number of fused-ring (bicyclic) bond motifs is 3. The predicted molar refractivity (Wildman–Crippen MR) is 118 cm³/mol. The van der Waals surface area contributed by atoms with E-state index in [1.165, 1.54) is 18.2 Å². The van der Waals surface area contributed by atoms with Crippen LogP contribution in [0.25, 0.3) is 11.0 Å². The molecule has 2 amide bonds. The predicted octanol–water partition coefficient (Wildman–Crippen LogP) is 3.85. The van der Waals surface area contributed by atoms with Gasteiger partial charge in [0.1, 0.15) is 11.6 Å². The number of hydrogen-bond acceptors (Lipinski definition) is 4. The van der Waals surface area contributed by atoms with Crippen molar-refractivity contribution >= 4 is 34.5 Å². The highest BCUT2D eigenvalue weighted by Crippen LogP contribution is 2.30. The average Bonchev–Trinajstić information content (AvgIpc) is 3.38. The van der Waals surface area contributed by atoms with E-state index in [1.807, 2.05) is 28.8 Å². The van der Waals surface area contributed by atoms with Crippen molar-refractivity contribution in [3.05, 3.63) is 84.2 Å². The number of halogens is 1. The largest absolute Gasteiger partial charge is 0.483 e. The molecule has 160 valence electrons. The van der Waals surface area contributed by atoms with Crippen LogP contribution >= 0.6 is 0 Å². The number of imidazole rings is 1. The van der Waals surface area contributed by atoms with Crippen LogP contribution < -0.4 is 15.0 Å². The highest BCUT2D eigenvalue weighted by atomic mass is 19.1. The van der Waals surface area contributed by atoms with E-state index < -0.39 is 11.7 Å². The Labute approximate surface area is 183 Å². The fraction of sp³-hybridized carbons (Fsp3) is 0.125. The zero-order valence-corrected chi connectivity index (χ0v) is 17.0. The topological polar surface area (TPSA) is 76.5 Å². The quantitative estimate of drug-likeness (QED) is 0.522. The van der Waals surface area contributed by atoms with Crippen LogP contribution in [0.15, 0.2) is 72.8 Å². The minimum atomic E-state index is -0.534. The Balaban J connectivity index is 1.34. The maximum Gasteiger partial charge on any atom is 0.264 e. The molecule has 1 N–H and O–H groups in total. The van der Waals surface area contributed by atoms with Gasteiger partial charge in [0.15, 0.2) is 6.61 Å². The number of rotatable bonds is 5. The van der Waals surface area contributed by atoms with Gasteiger partial charge in [0, 0.05) is 13.1 Å². The molecule has 5 rings (SSSR count). The number of nitrogens with zero attached hydrogens (tertiary/aromatic N) is 3. The van der Waals surface area contributed by atoms with Gasteiger partial charge in [-0.25, -0.2) is 9.37 Å². The van der Waals surface area contributed by atoms with Crippen LogP contribution in [0, 0.1) is 5.82 Å². The number of para-hydroxylation sites is 4. The van der Waals surface area contributed by atoms with Crippen LogP contribution in [0.4, 0.5) is 16.0 Å². The summed E-state index contributed by atoms with van der Waals surface area (Å²) in [6.45, 7) is 0.779. The van der Waals surface area contributed by atoms with E-state index in [4.69, 9.17) is 4.74 Å². The standard InChI is InChI=1S/C24H19FN4O3/c25-17-8-2-3-9-18(17)26-22(30)15-32-21-12-6-1-7-16(21)23(31)29-14-13-28-20-11-5-4-10-19(20)27-24(28)29/h1-12H,13-15H2,(H,26,30). The smallest absolute Gasteiger partial charge is 0.264 e. The molecule has 0 fully saturated rings. The summed E-state index contributed by atoms with van der Waals surface area (Å²) in [5.41, 5.74) is 2.20. The molecule has 8 heteroatoms. The van der Waals surface area contributed by atoms with Crippen molar-refractivity contribution in [3.8, 4) is 5.75 Å². The summed E-state index contributed by atoms with van der Waals surface area (Å²) < 4.78 is 21.4. The number of amides is 2. The third kappa shape index (κ3) is 3.56. The summed E-state index contributed by atoms with van der Waals surface area (Å²) >= 11 is 0. The lowest BCUT2D eigenvalue weighted by molar-refractivity contribution is -0.118. The van der Waals surface area contributed by atoms with Crippen molar-refractivity contribution in [3.63, 3.8) is 0 Å². The Hall–Kier alpha value is -4.20. The summed E-state index contributed by atoms with van der Waals surface area (Å²) in [4.78, 5) is 31.8. The van der Waals surface area contributed by atoms with Crippen LogP contribution in [0.3, 0.4) is 0 Å². The van der Waals surface area contributed by atoms with E-state index in [-0.39, 0.29) is 24.0 Å². The number of hydrogen-bond donors (Lipinski definition) is 1. The van der Waals surface area contributed by atoms with Gasteiger partial charge in [-0.1, -0.05) is 36.4 Å². The molecular formula is C24H19FN4O3. The molecule has 2 heterocycles. The van der Waals surface area contributed by atoms with Gasteiger partial charge in [-0.3, -0.25) is 14.5 Å². The maximum absolute atomic E-state index is 13.7. The minimum absolute atomic E-state index is 0.0708. The summed E-state index contributed by atoms with van der Waals surface area (Å²) in [5, 5.41) is 2.46. The fourth-order valence-electron chi connectivity index (χ4n) is 3.79. The molecule has 0 atom stereocenters. The van der Waals surface area contributed by atoms with Crippen LogP contribution in [0.5, 0.6) is 5.75 Å². The Morgan fingerprint density at radius 2 is 1.72 bits per heavy atom. The zero-order chi connectivity index (χ0) is 22.1. The van der Waals surface area contributed by atoms with Crippen molar-refractivity contribution in [2.45, 2.75) is 6.54 Å². The van der Waals surface area contributed by atoms with E-state index in [0.717, 1.165) is 11.0 Å². The second kappa shape index (κ2) is 8.14. The number of aromatic nitrogens is 2. The van der Waals surface area contributed by atoms with Crippen LogP contribution in [0.1, 0.15) is 10.4 Å². The van der Waals surface area contributed by atoms with Gasteiger partial charge in [-0.05, 0) is 36.4 Å². The first-order valence-corrected chi connectivity index (χ1v) is 10.1. The van der Waals surface area contributed by atoms with Gasteiger partial charge in [-0.2, -0.15) is 0 Å². The second-order valence-electron chi connectivity index (χ2n) is 7.32. The number of benzene rings is 3. The summed E-state index contributed by atoms with van der Waals surface area (Å²) in [5.74, 6) is -0.461. The van der Waals surface area contributed by atoms with Crippen LogP contribution in [-0.4, -0.2) is 34.5 Å². The first-order valence-electron chi connectivity index (χ1n) is 10.1. The SMILES string of the molecule is O=C(COc1ccccc1C(=O)N1CCn2c1nc1ccccc12)Nc1ccccc1F. The van der Waals surface area contributed by atoms with E-state index in [1.54, 1.807) is 35.2 Å². The van der Waals surface area contributed by atoms with Crippen molar-refractivity contribution in [2.75, 3.05) is 23.4 Å². The molecule has 0 saturated carbocycles. The Bertz CT molecular complexity index is 1330. The third-order valence-corrected chi connectivity index (χ3v) is 5.29. The molecule has 0 saturated heterocycles. The number of carbonyl (C=O) groups is 2. The lowest BCUT2D eigenvalue weighted by Gasteiger charge is -2.17. The molecule has 4 aromatic rings. The normalized spacial score (nSPS) is 12.6. The first-order chi connectivity index (χ1) is 15.6. The molecule has 0 unspecified atom stereocenters. The molecule has 1 aliphatic heterocycles. The fourth-order valence-corrected chi connectivity index (χ4v) is 3.79. The zero-order valence-electron chi connectivity index (χ0n) is 17.0. The Morgan fingerprint density at radius 3 is 2.59 bits per heavy atom. The molecular weight excluding hydrogens is 411 g/mol. The maximum atomic E-state index is 13.7. The molecule has 0 radical (unpaired) electrons. The van der Waals surface area contributed by atoms with Crippen LogP contribution in [-0.2, 0) is 11.3 Å². The van der Waals surface area contributed by atoms with E-state index in [2.05, 4.69) is 10.3 Å². The summed E-state index contributed by atoms with van der Waals surface area (Å²) in [7, 11) is 0. The molecule has 0 bridgehead atoms. The highest BCUT2D eigenvalue weighted by Gasteiger charge is 2.30. The first kappa shape index (κ1) is 19.7. The Kier molecular flexibility index (Phi) is 5.03. The minimum Gasteiger partial charge on any atom is -0.483 e. The van der Waals surface area contributed by atoms with Gasteiger partial charge in [0.2, 0.25) is 5.95 Å². The average molecular weight is 430 g/mol. The summed E-state index contributed by atoms with van der Waals surface area (Å²) in [6.07, 6.45) is 0. The second-order valence-corrected chi connectivity index (χ2v) is 7.32. The lowest BCUT2D eigenvalue weighted by atomic mass is 10.1. The van der Waals surface area contributed by atoms with Gasteiger partial charge < -0.3 is 14.6 Å². The van der Waals surface area contributed by atoms with E-state index >= 15 is 0 Å². The number of ether oxygens (including phenoxy) is 1. The Morgan fingerprint density at radius 1 is 0.969 bits per heavy atom. The monoisotopic (exact) mass is 430 g/mol. The molecule has 1 aliphatic rings. The number of carbonyl (C=O) groups excluding carboxylic acids is 2. The van der Waals surface area contributed by atoms with Crippen molar-refractivity contribution in [2.24, 2.45) is 0 Å². The van der Waals surface area contributed by atoms with Gasteiger partial charge in [-0.15, -0.1) is 0 Å². The van der Waals surface area contributed by atoms with Crippen molar-refractivity contribution in [1.82, 2.24) is 9.55 Å². The highest BCUT2D eigenvalue weighted by molar-refractivity contribution is 6.08. The van der Waals surface area contributed by atoms with E-state index in [0.29, 0.717) is 24.6 Å². The van der Waals surface area contributed by atoms with Crippen LogP contribution in [0.2, 0.25) is 0 Å². The summed E-state index contributed by atoms with van der Waals surface area (Å²) in [6, 6.07) is 20.4. The number of nitrogens with one attached hydrogen (secondary N) is 1. The van der Waals surface area contributed by atoms with Crippen molar-refractivity contribution < 1.29 is 18.7 Å². The molecule has 1 aromatic heterocycles. The van der Waals surface area contributed by atoms with Gasteiger partial charge in [0.25, 0.3) is 11.8 Å².